The molecule has 1 saturated carbocycles. The van der Waals surface area contributed by atoms with E-state index in [1.54, 1.807) is 0 Å². The third-order valence-corrected chi connectivity index (χ3v) is 7.03. The smallest absolute Gasteiger partial charge is 0.245 e. The average Bonchev–Trinajstić information content (AvgIpc) is 3.49. The number of carbonyl (C=O) groups excluding carboxylic acids is 1. The van der Waals surface area contributed by atoms with Crippen LogP contribution in [0.3, 0.4) is 0 Å². The van der Waals surface area contributed by atoms with Crippen molar-refractivity contribution < 1.29 is 22.3 Å². The lowest BCUT2D eigenvalue weighted by Gasteiger charge is -2.30. The van der Waals surface area contributed by atoms with Gasteiger partial charge in [0.2, 0.25) is 15.9 Å². The molecule has 1 aromatic carbocycles. The van der Waals surface area contributed by atoms with Crippen molar-refractivity contribution in [2.45, 2.75) is 37.0 Å². The van der Waals surface area contributed by atoms with E-state index in [1.807, 2.05) is 0 Å². The molecule has 0 aromatic heterocycles. The van der Waals surface area contributed by atoms with Crippen molar-refractivity contribution >= 4 is 15.9 Å². The van der Waals surface area contributed by atoms with Crippen LogP contribution in [-0.4, -0.2) is 51.5 Å². The maximum atomic E-state index is 13.8. The first-order valence-electron chi connectivity index (χ1n) is 9.58. The summed E-state index contributed by atoms with van der Waals surface area (Å²) in [6, 6.07) is 5.38. The summed E-state index contributed by atoms with van der Waals surface area (Å²) in [7, 11) is -3.86. The Bertz CT molecular complexity index is 744. The number of carbonyl (C=O) groups is 1. The molecule has 0 atom stereocenters. The molecular formula is C19H27FN2O4S. The molecule has 2 fully saturated rings. The molecule has 1 heterocycles. The van der Waals surface area contributed by atoms with Gasteiger partial charge in [0.05, 0.1) is 0 Å². The van der Waals surface area contributed by atoms with Crippen LogP contribution in [0.15, 0.2) is 29.2 Å². The Labute approximate surface area is 160 Å². The van der Waals surface area contributed by atoms with E-state index in [9.17, 15) is 17.6 Å². The molecule has 27 heavy (non-hydrogen) atoms. The zero-order chi connectivity index (χ0) is 19.3. The van der Waals surface area contributed by atoms with E-state index in [0.717, 1.165) is 25.0 Å². The molecule has 0 unspecified atom stereocenters. The first-order valence-corrected chi connectivity index (χ1v) is 11.0. The van der Waals surface area contributed by atoms with Crippen LogP contribution in [0.4, 0.5) is 4.39 Å². The minimum Gasteiger partial charge on any atom is -0.381 e. The third kappa shape index (κ3) is 5.49. The second kappa shape index (κ2) is 9.12. The fraction of sp³-hybridized carbons (Fsp3) is 0.632. The predicted octanol–water partition coefficient (Wildman–Crippen LogP) is 2.16. The molecule has 1 aromatic rings. The number of piperidine rings is 1. The summed E-state index contributed by atoms with van der Waals surface area (Å²) in [5.41, 5.74) is 0. The summed E-state index contributed by atoms with van der Waals surface area (Å²) in [5, 5.41) is 2.90. The number of hydrogen-bond acceptors (Lipinski definition) is 4. The van der Waals surface area contributed by atoms with Gasteiger partial charge in [0, 0.05) is 38.8 Å². The topological polar surface area (TPSA) is 75.7 Å². The molecule has 6 nitrogen and oxygen atoms in total. The number of halogens is 1. The normalized spacial score (nSPS) is 19.1. The Morgan fingerprint density at radius 2 is 1.89 bits per heavy atom. The van der Waals surface area contributed by atoms with Gasteiger partial charge in [-0.15, -0.1) is 0 Å². The van der Waals surface area contributed by atoms with Gasteiger partial charge in [-0.1, -0.05) is 12.1 Å². The van der Waals surface area contributed by atoms with Crippen LogP contribution in [0.5, 0.6) is 0 Å². The van der Waals surface area contributed by atoms with E-state index in [0.29, 0.717) is 26.0 Å². The van der Waals surface area contributed by atoms with E-state index in [4.69, 9.17) is 4.74 Å². The largest absolute Gasteiger partial charge is 0.381 e. The van der Waals surface area contributed by atoms with E-state index in [-0.39, 0.29) is 29.8 Å². The van der Waals surface area contributed by atoms with Gasteiger partial charge in [0.25, 0.3) is 0 Å². The van der Waals surface area contributed by atoms with Gasteiger partial charge in [0.1, 0.15) is 10.7 Å². The SMILES string of the molecule is O=C(NCCCOCC1CC1)C1CCN(S(=O)(=O)c2ccccc2F)CC1. The Hall–Kier alpha value is -1.51. The highest BCUT2D eigenvalue weighted by molar-refractivity contribution is 7.89. The molecular weight excluding hydrogens is 371 g/mol. The van der Waals surface area contributed by atoms with E-state index < -0.39 is 15.8 Å². The first kappa shape index (κ1) is 20.2. The molecule has 1 saturated heterocycles. The van der Waals surface area contributed by atoms with Gasteiger partial charge >= 0.3 is 0 Å². The van der Waals surface area contributed by atoms with Crippen LogP contribution in [0.1, 0.15) is 32.1 Å². The summed E-state index contributed by atoms with van der Waals surface area (Å²) in [5.74, 6) is -0.253. The first-order chi connectivity index (χ1) is 13.0. The Balaban J connectivity index is 1.40. The number of nitrogens with zero attached hydrogens (tertiary/aromatic N) is 1. The molecule has 150 valence electrons. The minimum atomic E-state index is -3.86. The molecule has 3 rings (SSSR count). The molecule has 1 aliphatic carbocycles. The average molecular weight is 399 g/mol. The zero-order valence-electron chi connectivity index (χ0n) is 15.4. The van der Waals surface area contributed by atoms with Crippen LogP contribution < -0.4 is 5.32 Å². The van der Waals surface area contributed by atoms with Gasteiger partial charge in [-0.25, -0.2) is 12.8 Å². The maximum Gasteiger partial charge on any atom is 0.245 e. The van der Waals surface area contributed by atoms with Crippen molar-refractivity contribution in [2.24, 2.45) is 11.8 Å². The summed E-state index contributed by atoms with van der Waals surface area (Å²) in [6.45, 7) is 2.48. The third-order valence-electron chi connectivity index (χ3n) is 5.09. The van der Waals surface area contributed by atoms with Crippen LogP contribution >= 0.6 is 0 Å². The quantitative estimate of drug-likeness (QED) is 0.647. The zero-order valence-corrected chi connectivity index (χ0v) is 16.2. The number of hydrogen-bond donors (Lipinski definition) is 1. The molecule has 1 aliphatic heterocycles. The van der Waals surface area contributed by atoms with Crippen molar-refractivity contribution in [1.29, 1.82) is 0 Å². The number of sulfonamides is 1. The van der Waals surface area contributed by atoms with Gasteiger partial charge < -0.3 is 10.1 Å². The second-order valence-electron chi connectivity index (χ2n) is 7.27. The fourth-order valence-electron chi connectivity index (χ4n) is 3.22. The molecule has 0 bridgehead atoms. The lowest BCUT2D eigenvalue weighted by atomic mass is 9.97. The van der Waals surface area contributed by atoms with Crippen LogP contribution in [0, 0.1) is 17.7 Å². The number of nitrogens with one attached hydrogen (secondary N) is 1. The van der Waals surface area contributed by atoms with Crippen molar-refractivity contribution in [3.63, 3.8) is 0 Å². The van der Waals surface area contributed by atoms with E-state index in [2.05, 4.69) is 5.32 Å². The highest BCUT2D eigenvalue weighted by Crippen LogP contribution is 2.28. The monoisotopic (exact) mass is 398 g/mol. The van der Waals surface area contributed by atoms with Crippen LogP contribution in [-0.2, 0) is 19.6 Å². The van der Waals surface area contributed by atoms with Gasteiger partial charge in [0.15, 0.2) is 0 Å². The van der Waals surface area contributed by atoms with Gasteiger partial charge in [-0.3, -0.25) is 4.79 Å². The summed E-state index contributed by atoms with van der Waals surface area (Å²) < 4.78 is 45.8. The summed E-state index contributed by atoms with van der Waals surface area (Å²) in [6.07, 6.45) is 4.19. The minimum absolute atomic E-state index is 0.0415. The Morgan fingerprint density at radius 3 is 2.56 bits per heavy atom. The highest BCUT2D eigenvalue weighted by Gasteiger charge is 2.33. The van der Waals surface area contributed by atoms with Crippen LogP contribution in [0.25, 0.3) is 0 Å². The second-order valence-corrected chi connectivity index (χ2v) is 9.18. The maximum absolute atomic E-state index is 13.8. The summed E-state index contributed by atoms with van der Waals surface area (Å²) in [4.78, 5) is 11.9. The molecule has 0 spiro atoms. The van der Waals surface area contributed by atoms with E-state index >= 15 is 0 Å². The highest BCUT2D eigenvalue weighted by atomic mass is 32.2. The van der Waals surface area contributed by atoms with Crippen LogP contribution in [0.2, 0.25) is 0 Å². The van der Waals surface area contributed by atoms with Crippen molar-refractivity contribution in [3.8, 4) is 0 Å². The Morgan fingerprint density at radius 1 is 1.19 bits per heavy atom. The summed E-state index contributed by atoms with van der Waals surface area (Å²) >= 11 is 0. The number of rotatable bonds is 9. The Kier molecular flexibility index (Phi) is 6.83. The standard InChI is InChI=1S/C19H27FN2O4S/c20-17-4-1-2-5-18(17)27(24,25)22-11-8-16(9-12-22)19(23)21-10-3-13-26-14-15-6-7-15/h1-2,4-5,15-16H,3,6-14H2,(H,21,23). The van der Waals surface area contributed by atoms with Crippen molar-refractivity contribution in [1.82, 2.24) is 9.62 Å². The number of ether oxygens (including phenoxy) is 1. The van der Waals surface area contributed by atoms with E-state index in [1.165, 1.54) is 35.3 Å². The lowest BCUT2D eigenvalue weighted by Crippen LogP contribution is -2.43. The molecule has 0 radical (unpaired) electrons. The predicted molar refractivity (Wildman–Crippen MR) is 99.1 cm³/mol. The molecule has 8 heteroatoms. The van der Waals surface area contributed by atoms with Crippen molar-refractivity contribution in [3.05, 3.63) is 30.1 Å². The molecule has 1 amide bonds. The number of benzene rings is 1. The lowest BCUT2D eigenvalue weighted by molar-refractivity contribution is -0.126. The van der Waals surface area contributed by atoms with Crippen molar-refractivity contribution in [2.75, 3.05) is 32.8 Å². The molecule has 2 aliphatic rings. The fourth-order valence-corrected chi connectivity index (χ4v) is 4.75. The van der Waals surface area contributed by atoms with Gasteiger partial charge in [-0.2, -0.15) is 4.31 Å². The number of amides is 1. The van der Waals surface area contributed by atoms with Gasteiger partial charge in [-0.05, 0) is 50.2 Å². The molecule has 1 N–H and O–H groups in total.